The van der Waals surface area contributed by atoms with Gasteiger partial charge in [0.25, 0.3) is 0 Å². The number of benzene rings is 1. The first-order chi connectivity index (χ1) is 9.79. The second-order valence-electron chi connectivity index (χ2n) is 4.02. The van der Waals surface area contributed by atoms with Gasteiger partial charge in [0.15, 0.2) is 5.82 Å². The first kappa shape index (κ1) is 17.8. The summed E-state index contributed by atoms with van der Waals surface area (Å²) in [5, 5.41) is 8.26. The fourth-order valence-electron chi connectivity index (χ4n) is 1.48. The summed E-state index contributed by atoms with van der Waals surface area (Å²) in [6, 6.07) is 1.60. The second kappa shape index (κ2) is 7.69. The molecule has 0 heterocycles. The van der Waals surface area contributed by atoms with Crippen LogP contribution in [0.5, 0.6) is 0 Å². The molecule has 0 bridgehead atoms. The van der Waals surface area contributed by atoms with Crippen molar-refractivity contribution in [3.05, 3.63) is 28.5 Å². The quantitative estimate of drug-likeness (QED) is 0.705. The van der Waals surface area contributed by atoms with E-state index < -0.39 is 37.3 Å². The number of ether oxygens (including phenoxy) is 1. The number of sulfonamides is 1. The molecule has 0 aromatic heterocycles. The van der Waals surface area contributed by atoms with Crippen LogP contribution in [0.1, 0.15) is 23.7 Å². The van der Waals surface area contributed by atoms with Crippen LogP contribution >= 0.6 is 11.6 Å². The third-order valence-corrected chi connectivity index (χ3v) is 4.22. The summed E-state index contributed by atoms with van der Waals surface area (Å²) in [5.41, 5.74) is -0.794. The van der Waals surface area contributed by atoms with E-state index in [0.29, 0.717) is 19.6 Å². The molecule has 0 spiro atoms. The van der Waals surface area contributed by atoms with Gasteiger partial charge in [-0.15, -0.1) is 0 Å². The Balaban J connectivity index is 2.91. The molecule has 0 aliphatic heterocycles. The molecule has 0 amide bonds. The van der Waals surface area contributed by atoms with Crippen molar-refractivity contribution in [2.24, 2.45) is 0 Å². The number of rotatable bonds is 8. The number of hydrogen-bond acceptors (Lipinski definition) is 4. The minimum atomic E-state index is -3.96. The maximum absolute atomic E-state index is 13.5. The minimum absolute atomic E-state index is 0.111. The molecule has 0 aliphatic rings. The lowest BCUT2D eigenvalue weighted by atomic mass is 10.2. The fourth-order valence-corrected chi connectivity index (χ4v) is 2.89. The van der Waals surface area contributed by atoms with Crippen LogP contribution in [0.25, 0.3) is 0 Å². The van der Waals surface area contributed by atoms with Gasteiger partial charge in [-0.3, -0.25) is 0 Å². The molecule has 0 unspecified atom stereocenters. The smallest absolute Gasteiger partial charge is 0.338 e. The molecule has 0 saturated heterocycles. The molecule has 1 rings (SSSR count). The van der Waals surface area contributed by atoms with Gasteiger partial charge in [0.05, 0.1) is 15.5 Å². The molecular formula is C12H15ClFNO5S. The standard InChI is InChI=1S/C12H15ClFNO5S/c1-2-20-5-3-4-15-21(18,19)8-6-9(12(16)17)11(14)10(13)7-8/h6-7,15H,2-5H2,1H3,(H,16,17). The third kappa shape index (κ3) is 4.92. The molecule has 1 aromatic carbocycles. The Morgan fingerprint density at radius 2 is 2.14 bits per heavy atom. The zero-order chi connectivity index (χ0) is 16.0. The molecule has 0 fully saturated rings. The molecule has 9 heteroatoms. The molecular weight excluding hydrogens is 325 g/mol. The number of carbonyl (C=O) groups is 1. The number of aromatic carboxylic acids is 1. The van der Waals surface area contributed by atoms with Gasteiger partial charge in [-0.2, -0.15) is 0 Å². The Labute approximate surface area is 126 Å². The van der Waals surface area contributed by atoms with E-state index in [2.05, 4.69) is 4.72 Å². The highest BCUT2D eigenvalue weighted by Gasteiger charge is 2.21. The van der Waals surface area contributed by atoms with Crippen molar-refractivity contribution >= 4 is 27.6 Å². The number of nitrogens with one attached hydrogen (secondary N) is 1. The highest BCUT2D eigenvalue weighted by atomic mass is 35.5. The van der Waals surface area contributed by atoms with E-state index in [4.69, 9.17) is 21.4 Å². The second-order valence-corrected chi connectivity index (χ2v) is 6.19. The summed E-state index contributed by atoms with van der Waals surface area (Å²) in [6.07, 6.45) is 0.452. The van der Waals surface area contributed by atoms with E-state index in [0.717, 1.165) is 12.1 Å². The lowest BCUT2D eigenvalue weighted by Crippen LogP contribution is -2.26. The Bertz CT molecular complexity index is 620. The first-order valence-electron chi connectivity index (χ1n) is 6.09. The Morgan fingerprint density at radius 1 is 1.48 bits per heavy atom. The predicted octanol–water partition coefficient (Wildman–Crippen LogP) is 1.88. The van der Waals surface area contributed by atoms with Crippen LogP contribution in [-0.4, -0.2) is 39.3 Å². The maximum atomic E-state index is 13.5. The van der Waals surface area contributed by atoms with Gasteiger partial charge in [-0.25, -0.2) is 22.3 Å². The van der Waals surface area contributed by atoms with E-state index >= 15 is 0 Å². The van der Waals surface area contributed by atoms with Crippen LogP contribution in [0.3, 0.4) is 0 Å². The molecule has 2 N–H and O–H groups in total. The van der Waals surface area contributed by atoms with E-state index in [1.807, 2.05) is 6.92 Å². The molecule has 1 aromatic rings. The summed E-state index contributed by atoms with van der Waals surface area (Å²) in [6.45, 7) is 2.85. The van der Waals surface area contributed by atoms with Crippen molar-refractivity contribution in [1.29, 1.82) is 0 Å². The molecule has 6 nitrogen and oxygen atoms in total. The lowest BCUT2D eigenvalue weighted by Gasteiger charge is -2.09. The van der Waals surface area contributed by atoms with Crippen LogP contribution in [0.2, 0.25) is 5.02 Å². The zero-order valence-corrected chi connectivity index (χ0v) is 12.8. The first-order valence-corrected chi connectivity index (χ1v) is 7.95. The van der Waals surface area contributed by atoms with Crippen molar-refractivity contribution < 1.29 is 27.4 Å². The highest BCUT2D eigenvalue weighted by Crippen LogP contribution is 2.23. The third-order valence-electron chi connectivity index (χ3n) is 2.50. The summed E-state index contributed by atoms with van der Waals surface area (Å²) >= 11 is 5.52. The topological polar surface area (TPSA) is 92.7 Å². The molecule has 0 saturated carbocycles. The van der Waals surface area contributed by atoms with E-state index in [9.17, 15) is 17.6 Å². The Kier molecular flexibility index (Phi) is 6.53. The van der Waals surface area contributed by atoms with Gasteiger partial charge in [0, 0.05) is 19.8 Å². The van der Waals surface area contributed by atoms with Crippen LogP contribution < -0.4 is 4.72 Å². The Morgan fingerprint density at radius 3 is 2.71 bits per heavy atom. The van der Waals surface area contributed by atoms with Crippen LogP contribution in [0, 0.1) is 5.82 Å². The van der Waals surface area contributed by atoms with Gasteiger partial charge in [0.2, 0.25) is 10.0 Å². The predicted molar refractivity (Wildman–Crippen MR) is 74.7 cm³/mol. The molecule has 21 heavy (non-hydrogen) atoms. The Hall–Kier alpha value is -1.22. The van der Waals surface area contributed by atoms with Crippen molar-refractivity contribution in [1.82, 2.24) is 4.72 Å². The highest BCUT2D eigenvalue weighted by molar-refractivity contribution is 7.89. The average Bonchev–Trinajstić information content (AvgIpc) is 2.40. The summed E-state index contributed by atoms with van der Waals surface area (Å²) in [5.74, 6) is -2.76. The van der Waals surface area contributed by atoms with Crippen molar-refractivity contribution in [2.45, 2.75) is 18.2 Å². The monoisotopic (exact) mass is 339 g/mol. The van der Waals surface area contributed by atoms with Gasteiger partial charge in [0.1, 0.15) is 0 Å². The summed E-state index contributed by atoms with van der Waals surface area (Å²) in [7, 11) is -3.96. The molecule has 0 atom stereocenters. The van der Waals surface area contributed by atoms with Gasteiger partial charge in [-0.1, -0.05) is 11.6 Å². The normalized spacial score (nSPS) is 11.6. The van der Waals surface area contributed by atoms with Crippen molar-refractivity contribution in [3.63, 3.8) is 0 Å². The number of carboxylic acid groups (broad SMARTS) is 1. The SMILES string of the molecule is CCOCCCNS(=O)(=O)c1cc(Cl)c(F)c(C(=O)O)c1. The summed E-state index contributed by atoms with van der Waals surface area (Å²) in [4.78, 5) is 10.5. The van der Waals surface area contributed by atoms with E-state index in [1.165, 1.54) is 0 Å². The van der Waals surface area contributed by atoms with Gasteiger partial charge >= 0.3 is 5.97 Å². The average molecular weight is 340 g/mol. The van der Waals surface area contributed by atoms with E-state index in [1.54, 1.807) is 0 Å². The van der Waals surface area contributed by atoms with Gasteiger partial charge in [-0.05, 0) is 25.5 Å². The van der Waals surface area contributed by atoms with Gasteiger partial charge < -0.3 is 9.84 Å². The molecule has 0 radical (unpaired) electrons. The van der Waals surface area contributed by atoms with E-state index in [-0.39, 0.29) is 6.54 Å². The van der Waals surface area contributed by atoms with Crippen molar-refractivity contribution in [3.8, 4) is 0 Å². The maximum Gasteiger partial charge on any atom is 0.338 e. The number of carboxylic acids is 1. The van der Waals surface area contributed by atoms with Crippen LogP contribution in [0.15, 0.2) is 17.0 Å². The summed E-state index contributed by atoms with van der Waals surface area (Å²) < 4.78 is 44.7. The molecule has 118 valence electrons. The number of hydrogen-bond donors (Lipinski definition) is 2. The minimum Gasteiger partial charge on any atom is -0.478 e. The lowest BCUT2D eigenvalue weighted by molar-refractivity contribution is 0.0691. The van der Waals surface area contributed by atoms with Crippen LogP contribution in [0.4, 0.5) is 4.39 Å². The zero-order valence-electron chi connectivity index (χ0n) is 11.2. The van der Waals surface area contributed by atoms with Crippen molar-refractivity contribution in [2.75, 3.05) is 19.8 Å². The molecule has 0 aliphatic carbocycles. The largest absolute Gasteiger partial charge is 0.478 e. The van der Waals surface area contributed by atoms with Crippen LogP contribution in [-0.2, 0) is 14.8 Å². The number of halogens is 2. The fraction of sp³-hybridized carbons (Fsp3) is 0.417.